The van der Waals surface area contributed by atoms with Crippen LogP contribution in [-0.2, 0) is 4.74 Å². The maximum atomic E-state index is 5.35. The van der Waals surface area contributed by atoms with E-state index in [0.717, 1.165) is 25.0 Å². The van der Waals surface area contributed by atoms with Crippen molar-refractivity contribution in [2.24, 2.45) is 11.8 Å². The summed E-state index contributed by atoms with van der Waals surface area (Å²) < 4.78 is 5.63. The lowest BCUT2D eigenvalue weighted by atomic mass is 10.2. The molecule has 0 aromatic heterocycles. The minimum Gasteiger partial charge on any atom is -0.381 e. The lowest BCUT2D eigenvalue weighted by molar-refractivity contribution is 0.136. The van der Waals surface area contributed by atoms with E-state index in [1.165, 1.54) is 12.8 Å². The van der Waals surface area contributed by atoms with Crippen molar-refractivity contribution in [3.8, 4) is 0 Å². The molecule has 2 fully saturated rings. The van der Waals surface area contributed by atoms with Crippen molar-refractivity contribution in [2.45, 2.75) is 16.1 Å². The second-order valence-electron chi connectivity index (χ2n) is 3.08. The minimum atomic E-state index is 0.282. The minimum absolute atomic E-state index is 0.282. The van der Waals surface area contributed by atoms with Gasteiger partial charge in [-0.05, 0) is 24.7 Å². The van der Waals surface area contributed by atoms with E-state index < -0.39 is 0 Å². The van der Waals surface area contributed by atoms with Crippen LogP contribution in [0, 0.1) is 11.8 Å². The van der Waals surface area contributed by atoms with Crippen LogP contribution in [0.3, 0.4) is 0 Å². The van der Waals surface area contributed by atoms with Crippen LogP contribution in [0.1, 0.15) is 12.8 Å². The van der Waals surface area contributed by atoms with Crippen molar-refractivity contribution in [2.75, 3.05) is 13.2 Å². The molecule has 2 rings (SSSR count). The number of hydrogen-bond donors (Lipinski definition) is 0. The zero-order valence-electron chi connectivity index (χ0n) is 5.65. The van der Waals surface area contributed by atoms with E-state index in [9.17, 15) is 0 Å². The van der Waals surface area contributed by atoms with E-state index in [2.05, 4.69) is 31.9 Å². The Hall–Kier alpha value is 0.920. The van der Waals surface area contributed by atoms with E-state index in [0.29, 0.717) is 0 Å². The molecule has 3 heteroatoms. The molecule has 2 atom stereocenters. The zero-order valence-corrected chi connectivity index (χ0v) is 8.82. The average Bonchev–Trinajstić information content (AvgIpc) is 2.47. The quantitative estimate of drug-likeness (QED) is 0.614. The fraction of sp³-hybridized carbons (Fsp3) is 1.00. The van der Waals surface area contributed by atoms with Gasteiger partial charge in [0.1, 0.15) is 0 Å². The first-order chi connectivity index (χ1) is 4.73. The average molecular weight is 270 g/mol. The normalized spacial score (nSPS) is 43.8. The number of fused-ring (bicyclic) bond motifs is 1. The Morgan fingerprint density at radius 2 is 1.60 bits per heavy atom. The van der Waals surface area contributed by atoms with Gasteiger partial charge in [-0.15, -0.1) is 0 Å². The molecule has 10 heavy (non-hydrogen) atoms. The first kappa shape index (κ1) is 7.56. The number of hydrogen-bond acceptors (Lipinski definition) is 1. The van der Waals surface area contributed by atoms with Crippen LogP contribution < -0.4 is 0 Å². The molecular formula is C7H10Br2O. The van der Waals surface area contributed by atoms with E-state index in [4.69, 9.17) is 4.74 Å². The van der Waals surface area contributed by atoms with Crippen molar-refractivity contribution >= 4 is 31.9 Å². The van der Waals surface area contributed by atoms with Crippen LogP contribution in [0.4, 0.5) is 0 Å². The van der Waals surface area contributed by atoms with Crippen molar-refractivity contribution in [1.29, 1.82) is 0 Å². The molecule has 0 aromatic carbocycles. The number of halogens is 2. The summed E-state index contributed by atoms with van der Waals surface area (Å²) in [6.07, 6.45) is 2.42. The molecule has 0 N–H and O–H groups in total. The molecule has 1 saturated carbocycles. The summed E-state index contributed by atoms with van der Waals surface area (Å²) in [5.41, 5.74) is 0. The second kappa shape index (κ2) is 2.46. The summed E-state index contributed by atoms with van der Waals surface area (Å²) in [7, 11) is 0. The topological polar surface area (TPSA) is 9.23 Å². The van der Waals surface area contributed by atoms with Crippen LogP contribution in [-0.4, -0.2) is 16.4 Å². The zero-order chi connectivity index (χ0) is 7.19. The van der Waals surface area contributed by atoms with E-state index in [1.807, 2.05) is 0 Å². The van der Waals surface area contributed by atoms with Crippen molar-refractivity contribution in [3.63, 3.8) is 0 Å². The molecule has 58 valence electrons. The van der Waals surface area contributed by atoms with Crippen LogP contribution >= 0.6 is 31.9 Å². The van der Waals surface area contributed by atoms with Gasteiger partial charge in [-0.1, -0.05) is 31.9 Å². The first-order valence-corrected chi connectivity index (χ1v) is 5.27. The third kappa shape index (κ3) is 1.07. The molecule has 1 heterocycles. The monoisotopic (exact) mass is 268 g/mol. The van der Waals surface area contributed by atoms with Gasteiger partial charge in [0.25, 0.3) is 0 Å². The Morgan fingerprint density at radius 3 is 2.10 bits per heavy atom. The lowest BCUT2D eigenvalue weighted by Crippen LogP contribution is -2.00. The summed E-state index contributed by atoms with van der Waals surface area (Å²) in [5, 5.41) is 0. The molecule has 0 spiro atoms. The Morgan fingerprint density at radius 1 is 1.10 bits per heavy atom. The smallest absolute Gasteiger partial charge is 0.0870 e. The number of alkyl halides is 2. The standard InChI is InChI=1S/C7H10Br2O/c8-7(9)5-1-3-10-4-2-6(5)7/h5-6H,1-4H2/t5-,6+. The van der Waals surface area contributed by atoms with Crippen LogP contribution in [0.2, 0.25) is 0 Å². The Bertz CT molecular complexity index is 133. The van der Waals surface area contributed by atoms with Crippen LogP contribution in [0.5, 0.6) is 0 Å². The summed E-state index contributed by atoms with van der Waals surface area (Å²) in [6.45, 7) is 1.89. The first-order valence-electron chi connectivity index (χ1n) is 3.68. The second-order valence-corrected chi connectivity index (χ2v) is 6.77. The third-order valence-electron chi connectivity index (χ3n) is 2.51. The predicted octanol–water partition coefficient (Wildman–Crippen LogP) is 2.53. The van der Waals surface area contributed by atoms with Gasteiger partial charge in [-0.25, -0.2) is 0 Å². The van der Waals surface area contributed by atoms with Crippen molar-refractivity contribution < 1.29 is 4.74 Å². The molecule has 2 aliphatic rings. The number of ether oxygens (including phenoxy) is 1. The van der Waals surface area contributed by atoms with Gasteiger partial charge >= 0.3 is 0 Å². The maximum Gasteiger partial charge on any atom is 0.0870 e. The van der Waals surface area contributed by atoms with Gasteiger partial charge in [-0.3, -0.25) is 0 Å². The fourth-order valence-corrected chi connectivity index (χ4v) is 3.70. The van der Waals surface area contributed by atoms with Gasteiger partial charge in [0.05, 0.1) is 3.23 Å². The highest BCUT2D eigenvalue weighted by atomic mass is 79.9. The molecule has 1 nitrogen and oxygen atoms in total. The van der Waals surface area contributed by atoms with Gasteiger partial charge < -0.3 is 4.74 Å². The highest BCUT2D eigenvalue weighted by Gasteiger charge is 2.61. The maximum absolute atomic E-state index is 5.35. The Kier molecular flexibility index (Phi) is 1.86. The molecular weight excluding hydrogens is 260 g/mol. The lowest BCUT2D eigenvalue weighted by Gasteiger charge is -2.03. The molecule has 0 amide bonds. The molecule has 1 aliphatic heterocycles. The summed E-state index contributed by atoms with van der Waals surface area (Å²) in [6, 6.07) is 0. The van der Waals surface area contributed by atoms with Gasteiger partial charge in [0.15, 0.2) is 0 Å². The molecule has 0 radical (unpaired) electrons. The molecule has 0 unspecified atom stereocenters. The Balaban J connectivity index is 2.01. The van der Waals surface area contributed by atoms with Gasteiger partial charge in [-0.2, -0.15) is 0 Å². The number of rotatable bonds is 0. The molecule has 0 aromatic rings. The molecule has 1 saturated heterocycles. The summed E-state index contributed by atoms with van der Waals surface area (Å²) >= 11 is 7.35. The van der Waals surface area contributed by atoms with Gasteiger partial charge in [0, 0.05) is 13.2 Å². The highest BCUT2D eigenvalue weighted by Crippen LogP contribution is 2.65. The SMILES string of the molecule is BrC1(Br)[C@@H]2CCOCC[C@@H]21. The van der Waals surface area contributed by atoms with Gasteiger partial charge in [0.2, 0.25) is 0 Å². The van der Waals surface area contributed by atoms with Crippen LogP contribution in [0.15, 0.2) is 0 Å². The third-order valence-corrected chi connectivity index (χ3v) is 4.86. The van der Waals surface area contributed by atoms with Crippen LogP contribution in [0.25, 0.3) is 0 Å². The predicted molar refractivity (Wildman–Crippen MR) is 47.6 cm³/mol. The van der Waals surface area contributed by atoms with E-state index >= 15 is 0 Å². The molecule has 0 bridgehead atoms. The largest absolute Gasteiger partial charge is 0.381 e. The van der Waals surface area contributed by atoms with Crippen molar-refractivity contribution in [3.05, 3.63) is 0 Å². The highest BCUT2D eigenvalue weighted by molar-refractivity contribution is 9.25. The summed E-state index contributed by atoms with van der Waals surface area (Å²) in [5.74, 6) is 1.63. The van der Waals surface area contributed by atoms with E-state index in [-0.39, 0.29) is 3.23 Å². The van der Waals surface area contributed by atoms with E-state index in [1.54, 1.807) is 0 Å². The van der Waals surface area contributed by atoms with Crippen molar-refractivity contribution in [1.82, 2.24) is 0 Å². The summed E-state index contributed by atoms with van der Waals surface area (Å²) in [4.78, 5) is 0. The fourth-order valence-electron chi connectivity index (χ4n) is 1.77. The molecule has 1 aliphatic carbocycles. The Labute approximate surface area is 77.8 Å².